The molecule has 0 aliphatic carbocycles. The van der Waals surface area contributed by atoms with E-state index in [9.17, 15) is 0 Å². The molecule has 1 aromatic heterocycles. The van der Waals surface area contributed by atoms with E-state index in [1.54, 1.807) is 6.20 Å². The monoisotopic (exact) mass is 164 g/mol. The number of hydrogen-bond donors (Lipinski definition) is 1. The zero-order valence-corrected chi connectivity index (χ0v) is 6.90. The molecule has 0 atom stereocenters. The lowest BCUT2D eigenvalue weighted by Crippen LogP contribution is -2.07. The van der Waals surface area contributed by atoms with Crippen molar-refractivity contribution in [2.24, 2.45) is 5.73 Å². The van der Waals surface area contributed by atoms with Crippen LogP contribution in [0.3, 0.4) is 0 Å². The van der Waals surface area contributed by atoms with Gasteiger partial charge in [-0.1, -0.05) is 0 Å². The first-order valence-electron chi connectivity index (χ1n) is 3.95. The Bertz CT molecular complexity index is 271. The lowest BCUT2D eigenvalue weighted by Gasteiger charge is -2.03. The van der Waals surface area contributed by atoms with Crippen LogP contribution in [-0.4, -0.2) is 9.55 Å². The number of hydrogen-bond acceptors (Lipinski definition) is 3. The molecule has 1 rings (SSSR count). The highest BCUT2D eigenvalue weighted by Gasteiger charge is 1.98. The molecule has 0 bridgehead atoms. The standard InChI is InChI=1S/C8H12N4/c9-3-1-2-5-12-6-4-11-8(12)7-10/h4,6H,1-2,5,7,10H2. The summed E-state index contributed by atoms with van der Waals surface area (Å²) in [5.74, 6) is 0.882. The second-order valence-corrected chi connectivity index (χ2v) is 2.50. The Morgan fingerprint density at radius 1 is 1.67 bits per heavy atom. The SMILES string of the molecule is N#CCCCn1ccnc1CN. The number of unbranched alkanes of at least 4 members (excludes halogenated alkanes) is 1. The number of imidazole rings is 1. The summed E-state index contributed by atoms with van der Waals surface area (Å²) in [4.78, 5) is 4.07. The predicted molar refractivity (Wildman–Crippen MR) is 45.0 cm³/mol. The molecule has 0 saturated heterocycles. The van der Waals surface area contributed by atoms with Gasteiger partial charge in [-0.2, -0.15) is 5.26 Å². The Hall–Kier alpha value is -1.34. The van der Waals surface area contributed by atoms with E-state index < -0.39 is 0 Å². The van der Waals surface area contributed by atoms with Crippen LogP contribution in [0, 0.1) is 11.3 Å². The Morgan fingerprint density at radius 2 is 2.50 bits per heavy atom. The highest BCUT2D eigenvalue weighted by atomic mass is 15.1. The molecule has 0 radical (unpaired) electrons. The van der Waals surface area contributed by atoms with E-state index in [0.29, 0.717) is 13.0 Å². The van der Waals surface area contributed by atoms with Crippen LogP contribution in [0.5, 0.6) is 0 Å². The zero-order chi connectivity index (χ0) is 8.81. The van der Waals surface area contributed by atoms with Gasteiger partial charge in [-0.05, 0) is 6.42 Å². The fourth-order valence-corrected chi connectivity index (χ4v) is 1.06. The third-order valence-corrected chi connectivity index (χ3v) is 1.67. The Morgan fingerprint density at radius 3 is 3.17 bits per heavy atom. The molecule has 12 heavy (non-hydrogen) atoms. The molecule has 0 amide bonds. The summed E-state index contributed by atoms with van der Waals surface area (Å²) in [7, 11) is 0. The number of aryl methyl sites for hydroxylation is 1. The van der Waals surface area contributed by atoms with Crippen molar-refractivity contribution in [3.05, 3.63) is 18.2 Å². The predicted octanol–water partition coefficient (Wildman–Crippen LogP) is 0.646. The van der Waals surface area contributed by atoms with Gasteiger partial charge in [-0.3, -0.25) is 0 Å². The molecule has 0 aromatic carbocycles. The minimum absolute atomic E-state index is 0.458. The fourth-order valence-electron chi connectivity index (χ4n) is 1.06. The quantitative estimate of drug-likeness (QED) is 0.664. The molecule has 0 unspecified atom stereocenters. The Balaban J connectivity index is 2.46. The van der Waals surface area contributed by atoms with Gasteiger partial charge < -0.3 is 10.3 Å². The minimum Gasteiger partial charge on any atom is -0.334 e. The molecule has 0 fully saturated rings. The van der Waals surface area contributed by atoms with Crippen molar-refractivity contribution >= 4 is 0 Å². The van der Waals surface area contributed by atoms with E-state index in [4.69, 9.17) is 11.0 Å². The van der Waals surface area contributed by atoms with Gasteiger partial charge in [0.15, 0.2) is 0 Å². The van der Waals surface area contributed by atoms with Crippen molar-refractivity contribution in [3.8, 4) is 6.07 Å². The van der Waals surface area contributed by atoms with Gasteiger partial charge in [-0.25, -0.2) is 4.98 Å². The maximum absolute atomic E-state index is 8.32. The maximum atomic E-state index is 8.32. The zero-order valence-electron chi connectivity index (χ0n) is 6.90. The van der Waals surface area contributed by atoms with Crippen molar-refractivity contribution < 1.29 is 0 Å². The molecular formula is C8H12N4. The summed E-state index contributed by atoms with van der Waals surface area (Å²) in [5, 5.41) is 8.32. The lowest BCUT2D eigenvalue weighted by molar-refractivity contribution is 0.619. The second-order valence-electron chi connectivity index (χ2n) is 2.50. The van der Waals surface area contributed by atoms with Crippen LogP contribution < -0.4 is 5.73 Å². The van der Waals surface area contributed by atoms with Gasteiger partial charge in [-0.15, -0.1) is 0 Å². The van der Waals surface area contributed by atoms with Gasteiger partial charge in [0.05, 0.1) is 12.6 Å². The first-order valence-corrected chi connectivity index (χ1v) is 3.95. The van der Waals surface area contributed by atoms with Crippen LogP contribution in [0.15, 0.2) is 12.4 Å². The molecule has 0 aliphatic heterocycles. The number of nitriles is 1. The van der Waals surface area contributed by atoms with E-state index >= 15 is 0 Å². The number of aromatic nitrogens is 2. The molecule has 4 heteroatoms. The van der Waals surface area contributed by atoms with Gasteiger partial charge >= 0.3 is 0 Å². The topological polar surface area (TPSA) is 67.6 Å². The first-order chi connectivity index (χ1) is 5.88. The largest absolute Gasteiger partial charge is 0.334 e. The molecule has 4 nitrogen and oxygen atoms in total. The first kappa shape index (κ1) is 8.75. The molecule has 1 heterocycles. The van der Waals surface area contributed by atoms with Crippen LogP contribution in [0.25, 0.3) is 0 Å². The van der Waals surface area contributed by atoms with Gasteiger partial charge in [0, 0.05) is 25.4 Å². The van der Waals surface area contributed by atoms with Crippen molar-refractivity contribution in [2.45, 2.75) is 25.9 Å². The Labute approximate surface area is 71.6 Å². The molecule has 0 aliphatic rings. The highest BCUT2D eigenvalue weighted by Crippen LogP contribution is 1.99. The van der Waals surface area contributed by atoms with Crippen LogP contribution >= 0.6 is 0 Å². The second kappa shape index (κ2) is 4.52. The number of nitrogens with two attached hydrogens (primary N) is 1. The van der Waals surface area contributed by atoms with E-state index in [-0.39, 0.29) is 0 Å². The molecule has 1 aromatic rings. The summed E-state index contributed by atoms with van der Waals surface area (Å²) in [6.07, 6.45) is 5.07. The highest BCUT2D eigenvalue weighted by molar-refractivity contribution is 4.91. The van der Waals surface area contributed by atoms with Crippen LogP contribution in [-0.2, 0) is 13.1 Å². The van der Waals surface area contributed by atoms with Crippen LogP contribution in [0.1, 0.15) is 18.7 Å². The summed E-state index contributed by atoms with van der Waals surface area (Å²) in [6, 6.07) is 2.10. The smallest absolute Gasteiger partial charge is 0.122 e. The van der Waals surface area contributed by atoms with E-state index in [1.165, 1.54) is 0 Å². The Kier molecular flexibility index (Phi) is 3.30. The summed E-state index contributed by atoms with van der Waals surface area (Å²) in [5.41, 5.74) is 5.45. The van der Waals surface area contributed by atoms with E-state index in [1.807, 2.05) is 10.8 Å². The molecular weight excluding hydrogens is 152 g/mol. The third-order valence-electron chi connectivity index (χ3n) is 1.67. The van der Waals surface area contributed by atoms with E-state index in [2.05, 4.69) is 11.1 Å². The average Bonchev–Trinajstić information content (AvgIpc) is 2.52. The normalized spacial score (nSPS) is 9.67. The molecule has 2 N–H and O–H groups in total. The summed E-state index contributed by atoms with van der Waals surface area (Å²) < 4.78 is 1.98. The van der Waals surface area contributed by atoms with Crippen molar-refractivity contribution in [1.29, 1.82) is 5.26 Å². The minimum atomic E-state index is 0.458. The van der Waals surface area contributed by atoms with Gasteiger partial charge in [0.1, 0.15) is 5.82 Å². The van der Waals surface area contributed by atoms with Crippen LogP contribution in [0.2, 0.25) is 0 Å². The third kappa shape index (κ3) is 2.07. The molecule has 0 spiro atoms. The van der Waals surface area contributed by atoms with Crippen molar-refractivity contribution in [3.63, 3.8) is 0 Å². The van der Waals surface area contributed by atoms with Gasteiger partial charge in [0.2, 0.25) is 0 Å². The number of rotatable bonds is 4. The van der Waals surface area contributed by atoms with Crippen LogP contribution in [0.4, 0.5) is 0 Å². The maximum Gasteiger partial charge on any atom is 0.122 e. The van der Waals surface area contributed by atoms with E-state index in [0.717, 1.165) is 18.8 Å². The lowest BCUT2D eigenvalue weighted by atomic mass is 10.3. The molecule has 0 saturated carbocycles. The number of nitrogens with zero attached hydrogens (tertiary/aromatic N) is 3. The van der Waals surface area contributed by atoms with Gasteiger partial charge in [0.25, 0.3) is 0 Å². The van der Waals surface area contributed by atoms with Crippen molar-refractivity contribution in [1.82, 2.24) is 9.55 Å². The summed E-state index contributed by atoms with van der Waals surface area (Å²) in [6.45, 7) is 1.29. The van der Waals surface area contributed by atoms with Crippen molar-refractivity contribution in [2.75, 3.05) is 0 Å². The average molecular weight is 164 g/mol. The molecule has 64 valence electrons. The fraction of sp³-hybridized carbons (Fsp3) is 0.500. The summed E-state index contributed by atoms with van der Waals surface area (Å²) >= 11 is 0.